The molecule has 5 heteroatoms. The number of hydrogen-bond acceptors (Lipinski definition) is 5. The van der Waals surface area contributed by atoms with Crippen LogP contribution >= 0.6 is 11.3 Å². The maximum Gasteiger partial charge on any atom is 0.183 e. The zero-order chi connectivity index (χ0) is 13.7. The van der Waals surface area contributed by atoms with Crippen LogP contribution in [0.3, 0.4) is 0 Å². The number of ether oxygens (including phenoxy) is 2. The quantitative estimate of drug-likeness (QED) is 0.878. The van der Waals surface area contributed by atoms with E-state index >= 15 is 0 Å². The first-order valence-corrected chi connectivity index (χ1v) is 6.94. The van der Waals surface area contributed by atoms with Gasteiger partial charge in [-0.25, -0.2) is 4.98 Å². The Balaban J connectivity index is 2.17. The van der Waals surface area contributed by atoms with Crippen LogP contribution in [0.15, 0.2) is 29.8 Å². The van der Waals surface area contributed by atoms with Gasteiger partial charge in [-0.1, -0.05) is 6.07 Å². The monoisotopic (exact) mass is 278 g/mol. The summed E-state index contributed by atoms with van der Waals surface area (Å²) in [6.07, 6.45) is 1.80. The fraction of sp³-hybridized carbons (Fsp3) is 0.357. The van der Waals surface area contributed by atoms with Crippen LogP contribution in [0.4, 0.5) is 5.13 Å². The highest BCUT2D eigenvalue weighted by Crippen LogP contribution is 2.26. The Kier molecular flexibility index (Phi) is 4.76. The van der Waals surface area contributed by atoms with Gasteiger partial charge in [0.2, 0.25) is 0 Å². The molecule has 19 heavy (non-hydrogen) atoms. The van der Waals surface area contributed by atoms with Crippen molar-refractivity contribution in [3.63, 3.8) is 0 Å². The van der Waals surface area contributed by atoms with E-state index in [0.717, 1.165) is 16.4 Å². The molecule has 0 aliphatic carbocycles. The molecule has 0 saturated carbocycles. The third-order valence-corrected chi connectivity index (χ3v) is 3.58. The van der Waals surface area contributed by atoms with Gasteiger partial charge >= 0.3 is 0 Å². The predicted molar refractivity (Wildman–Crippen MR) is 77.9 cm³/mol. The third kappa shape index (κ3) is 3.45. The molecule has 1 unspecified atom stereocenters. The molecule has 0 aliphatic rings. The molecule has 102 valence electrons. The Labute approximate surface area is 117 Å². The first kappa shape index (κ1) is 13.8. The number of rotatable bonds is 6. The lowest BCUT2D eigenvalue weighted by Crippen LogP contribution is -2.07. The smallest absolute Gasteiger partial charge is 0.183 e. The highest BCUT2D eigenvalue weighted by atomic mass is 32.1. The second-order valence-corrected chi connectivity index (χ2v) is 5.10. The lowest BCUT2D eigenvalue weighted by molar-refractivity contribution is 0.181. The van der Waals surface area contributed by atoms with Gasteiger partial charge in [-0.15, -0.1) is 11.3 Å². The number of benzene rings is 1. The van der Waals surface area contributed by atoms with Crippen LogP contribution in [0.2, 0.25) is 0 Å². The number of aromatic nitrogens is 1. The number of nitrogens with zero attached hydrogens (tertiary/aromatic N) is 1. The molecule has 0 radical (unpaired) electrons. The Morgan fingerprint density at radius 3 is 2.84 bits per heavy atom. The zero-order valence-corrected chi connectivity index (χ0v) is 12.2. The van der Waals surface area contributed by atoms with E-state index in [9.17, 15) is 0 Å². The molecule has 1 atom stereocenters. The Morgan fingerprint density at radius 1 is 1.37 bits per heavy atom. The summed E-state index contributed by atoms with van der Waals surface area (Å²) >= 11 is 1.60. The topological polar surface area (TPSA) is 43.4 Å². The fourth-order valence-electron chi connectivity index (χ4n) is 1.90. The van der Waals surface area contributed by atoms with Crippen molar-refractivity contribution in [3.8, 4) is 5.75 Å². The van der Waals surface area contributed by atoms with Gasteiger partial charge in [0.15, 0.2) is 5.13 Å². The first-order valence-electron chi connectivity index (χ1n) is 6.06. The highest BCUT2D eigenvalue weighted by Gasteiger charge is 2.10. The summed E-state index contributed by atoms with van der Waals surface area (Å²) in [5.74, 6) is 0.854. The van der Waals surface area contributed by atoms with Gasteiger partial charge in [-0.05, 0) is 24.6 Å². The molecule has 2 aromatic rings. The number of methoxy groups -OCH3 is 2. The van der Waals surface area contributed by atoms with Crippen LogP contribution in [0.5, 0.6) is 5.75 Å². The Morgan fingerprint density at radius 2 is 2.21 bits per heavy atom. The molecule has 0 fully saturated rings. The minimum Gasteiger partial charge on any atom is -0.496 e. The molecule has 0 amide bonds. The molecule has 0 aliphatic heterocycles. The Hall–Kier alpha value is -1.59. The van der Waals surface area contributed by atoms with Crippen molar-refractivity contribution < 1.29 is 9.47 Å². The molecule has 4 nitrogen and oxygen atoms in total. The van der Waals surface area contributed by atoms with Gasteiger partial charge in [0.05, 0.1) is 19.8 Å². The van der Waals surface area contributed by atoms with Crippen molar-refractivity contribution in [3.05, 3.63) is 40.9 Å². The largest absolute Gasteiger partial charge is 0.496 e. The van der Waals surface area contributed by atoms with E-state index in [1.54, 1.807) is 31.8 Å². The minimum atomic E-state index is 0.188. The summed E-state index contributed by atoms with van der Waals surface area (Å²) in [7, 11) is 3.36. The summed E-state index contributed by atoms with van der Waals surface area (Å²) in [6, 6.07) is 6.33. The summed E-state index contributed by atoms with van der Waals surface area (Å²) in [5, 5.41) is 6.26. The molecular formula is C14H18N2O2S. The summed E-state index contributed by atoms with van der Waals surface area (Å²) in [5.41, 5.74) is 2.23. The van der Waals surface area contributed by atoms with E-state index in [-0.39, 0.29) is 6.04 Å². The number of nitrogens with one attached hydrogen (secondary N) is 1. The van der Waals surface area contributed by atoms with Gasteiger partial charge in [0.1, 0.15) is 5.75 Å². The van der Waals surface area contributed by atoms with E-state index in [1.165, 1.54) is 5.56 Å². The maximum atomic E-state index is 5.33. The zero-order valence-electron chi connectivity index (χ0n) is 11.3. The van der Waals surface area contributed by atoms with Crippen LogP contribution in [0, 0.1) is 0 Å². The highest BCUT2D eigenvalue weighted by molar-refractivity contribution is 7.13. The van der Waals surface area contributed by atoms with Gasteiger partial charge in [0.25, 0.3) is 0 Å². The second kappa shape index (κ2) is 6.54. The standard InChI is InChI=1S/C14H18N2O2S/c1-10(16-14-15-6-7-19-14)11-4-5-13(18-3)12(8-11)9-17-2/h4-8,10H,9H2,1-3H3,(H,15,16). The first-order chi connectivity index (χ1) is 9.24. The van der Waals surface area contributed by atoms with Crippen LogP contribution in [0.25, 0.3) is 0 Å². The van der Waals surface area contributed by atoms with Crippen molar-refractivity contribution in [1.82, 2.24) is 4.98 Å². The average Bonchev–Trinajstić information content (AvgIpc) is 2.92. The van der Waals surface area contributed by atoms with Crippen molar-refractivity contribution in [2.75, 3.05) is 19.5 Å². The number of thiazole rings is 1. The van der Waals surface area contributed by atoms with Crippen LogP contribution in [-0.4, -0.2) is 19.2 Å². The summed E-state index contributed by atoms with van der Waals surface area (Å²) in [6.45, 7) is 2.65. The van der Waals surface area contributed by atoms with Crippen molar-refractivity contribution in [2.24, 2.45) is 0 Å². The molecule has 1 aromatic heterocycles. The predicted octanol–water partition coefficient (Wildman–Crippen LogP) is 3.47. The van der Waals surface area contributed by atoms with E-state index in [0.29, 0.717) is 6.61 Å². The van der Waals surface area contributed by atoms with Gasteiger partial charge < -0.3 is 14.8 Å². The maximum absolute atomic E-state index is 5.33. The van der Waals surface area contributed by atoms with Gasteiger partial charge in [0, 0.05) is 24.3 Å². The normalized spacial score (nSPS) is 12.2. The average molecular weight is 278 g/mol. The van der Waals surface area contributed by atoms with E-state index < -0.39 is 0 Å². The molecule has 1 heterocycles. The van der Waals surface area contributed by atoms with Crippen LogP contribution in [-0.2, 0) is 11.3 Å². The lowest BCUT2D eigenvalue weighted by atomic mass is 10.0. The van der Waals surface area contributed by atoms with Gasteiger partial charge in [-0.3, -0.25) is 0 Å². The number of anilines is 1. The summed E-state index contributed by atoms with van der Waals surface area (Å²) < 4.78 is 10.5. The molecule has 0 saturated heterocycles. The second-order valence-electron chi connectivity index (χ2n) is 4.21. The summed E-state index contributed by atoms with van der Waals surface area (Å²) in [4.78, 5) is 4.23. The molecule has 0 bridgehead atoms. The SMILES string of the molecule is COCc1cc(C(C)Nc2nccs2)ccc1OC. The third-order valence-electron chi connectivity index (χ3n) is 2.88. The Bertz CT molecular complexity index is 514. The minimum absolute atomic E-state index is 0.188. The molecule has 1 N–H and O–H groups in total. The molecule has 2 rings (SSSR count). The van der Waals surface area contributed by atoms with Crippen LogP contribution in [0.1, 0.15) is 24.1 Å². The van der Waals surface area contributed by atoms with Crippen LogP contribution < -0.4 is 10.1 Å². The van der Waals surface area contributed by atoms with Crippen molar-refractivity contribution in [2.45, 2.75) is 19.6 Å². The fourth-order valence-corrected chi connectivity index (χ4v) is 2.52. The van der Waals surface area contributed by atoms with E-state index in [4.69, 9.17) is 9.47 Å². The molecule has 0 spiro atoms. The van der Waals surface area contributed by atoms with Gasteiger partial charge in [-0.2, -0.15) is 0 Å². The van der Waals surface area contributed by atoms with E-state index in [1.807, 2.05) is 11.4 Å². The van der Waals surface area contributed by atoms with Crippen molar-refractivity contribution >= 4 is 16.5 Å². The molecular weight excluding hydrogens is 260 g/mol. The van der Waals surface area contributed by atoms with E-state index in [2.05, 4.69) is 29.4 Å². The van der Waals surface area contributed by atoms with Crippen molar-refractivity contribution in [1.29, 1.82) is 0 Å². The molecule has 1 aromatic carbocycles. The number of hydrogen-bond donors (Lipinski definition) is 1. The lowest BCUT2D eigenvalue weighted by Gasteiger charge is -2.16.